The molecule has 0 bridgehead atoms. The molecule has 0 saturated heterocycles. The number of nitrogens with one attached hydrogen (secondary N) is 1. The van der Waals surface area contributed by atoms with Gasteiger partial charge in [0.1, 0.15) is 5.69 Å². The number of rotatable bonds is 4. The van der Waals surface area contributed by atoms with Crippen LogP contribution in [0.5, 0.6) is 0 Å². The Morgan fingerprint density at radius 3 is 2.25 bits per heavy atom. The van der Waals surface area contributed by atoms with Crippen molar-refractivity contribution in [2.75, 3.05) is 5.32 Å². The average molecular weight is 364 g/mol. The zero-order valence-corrected chi connectivity index (χ0v) is 13.8. The van der Waals surface area contributed by atoms with Crippen molar-refractivity contribution in [3.63, 3.8) is 0 Å². The van der Waals surface area contributed by atoms with Crippen LogP contribution in [-0.2, 0) is 11.3 Å². The van der Waals surface area contributed by atoms with Gasteiger partial charge in [-0.3, -0.25) is 9.48 Å². The number of halogens is 5. The molecular formula is C15H14ClF4N3O. The standard InChI is InChI=1S/C15H14ClF4N3O/c1-6(5-23-8(3)11(16)7(2)22-23)15(24)21-14-12(19)9(17)4-10(18)13(14)20/h4,6H,5H2,1-3H3,(H,21,24). The minimum atomic E-state index is -1.66. The summed E-state index contributed by atoms with van der Waals surface area (Å²) in [6.45, 7) is 4.95. The van der Waals surface area contributed by atoms with Gasteiger partial charge in [0.05, 0.1) is 28.9 Å². The summed E-state index contributed by atoms with van der Waals surface area (Å²) in [5.74, 6) is -8.12. The lowest BCUT2D eigenvalue weighted by molar-refractivity contribution is -0.119. The summed E-state index contributed by atoms with van der Waals surface area (Å²) in [5, 5.41) is 6.47. The van der Waals surface area contributed by atoms with E-state index in [9.17, 15) is 22.4 Å². The normalized spacial score (nSPS) is 12.3. The molecule has 0 aliphatic carbocycles. The molecule has 0 saturated carbocycles. The number of carbonyl (C=O) groups excluding carboxylic acids is 1. The van der Waals surface area contributed by atoms with E-state index < -0.39 is 40.8 Å². The Labute approximate surface area is 140 Å². The van der Waals surface area contributed by atoms with Crippen molar-refractivity contribution in [3.05, 3.63) is 45.7 Å². The van der Waals surface area contributed by atoms with Crippen molar-refractivity contribution in [2.24, 2.45) is 5.92 Å². The molecule has 1 heterocycles. The molecule has 0 aliphatic rings. The highest BCUT2D eigenvalue weighted by Gasteiger charge is 2.24. The van der Waals surface area contributed by atoms with Gasteiger partial charge in [-0.15, -0.1) is 0 Å². The third-order valence-corrected chi connectivity index (χ3v) is 4.09. The number of benzene rings is 1. The number of carbonyl (C=O) groups is 1. The Morgan fingerprint density at radius 1 is 1.25 bits per heavy atom. The fourth-order valence-corrected chi connectivity index (χ4v) is 2.26. The molecule has 1 aromatic carbocycles. The summed E-state index contributed by atoms with van der Waals surface area (Å²) < 4.78 is 55.0. The average Bonchev–Trinajstić information content (AvgIpc) is 2.76. The lowest BCUT2D eigenvalue weighted by Crippen LogP contribution is -2.26. The minimum absolute atomic E-state index is 0.0711. The first-order chi connectivity index (χ1) is 11.1. The minimum Gasteiger partial charge on any atom is -0.321 e. The number of anilines is 1. The SMILES string of the molecule is Cc1nn(CC(C)C(=O)Nc2c(F)c(F)cc(F)c2F)c(C)c1Cl. The smallest absolute Gasteiger partial charge is 0.229 e. The van der Waals surface area contributed by atoms with Gasteiger partial charge in [-0.05, 0) is 13.8 Å². The molecule has 130 valence electrons. The topological polar surface area (TPSA) is 46.9 Å². The molecule has 2 rings (SSSR count). The van der Waals surface area contributed by atoms with Crippen molar-refractivity contribution < 1.29 is 22.4 Å². The van der Waals surface area contributed by atoms with Gasteiger partial charge >= 0.3 is 0 Å². The van der Waals surface area contributed by atoms with E-state index in [1.54, 1.807) is 13.8 Å². The van der Waals surface area contributed by atoms with Crippen LogP contribution < -0.4 is 5.32 Å². The quantitative estimate of drug-likeness (QED) is 0.659. The van der Waals surface area contributed by atoms with E-state index in [4.69, 9.17) is 11.6 Å². The molecule has 0 aliphatic heterocycles. The molecule has 0 radical (unpaired) electrons. The predicted molar refractivity (Wildman–Crippen MR) is 80.8 cm³/mol. The van der Waals surface area contributed by atoms with Gasteiger partial charge in [-0.2, -0.15) is 5.10 Å². The number of amides is 1. The molecule has 1 amide bonds. The fraction of sp³-hybridized carbons (Fsp3) is 0.333. The van der Waals surface area contributed by atoms with Crippen LogP contribution >= 0.6 is 11.6 Å². The second kappa shape index (κ2) is 6.80. The maximum Gasteiger partial charge on any atom is 0.229 e. The molecule has 0 fully saturated rings. The fourth-order valence-electron chi connectivity index (χ4n) is 2.12. The summed E-state index contributed by atoms with van der Waals surface area (Å²) in [7, 11) is 0. The first kappa shape index (κ1) is 18.3. The van der Waals surface area contributed by atoms with Crippen LogP contribution in [0.25, 0.3) is 0 Å². The maximum absolute atomic E-state index is 13.6. The van der Waals surface area contributed by atoms with Gasteiger partial charge < -0.3 is 5.32 Å². The number of aromatic nitrogens is 2. The first-order valence-electron chi connectivity index (χ1n) is 6.96. The monoisotopic (exact) mass is 363 g/mol. The highest BCUT2D eigenvalue weighted by Crippen LogP contribution is 2.25. The van der Waals surface area contributed by atoms with Crippen LogP contribution in [-0.4, -0.2) is 15.7 Å². The summed E-state index contributed by atoms with van der Waals surface area (Å²) in [6.07, 6.45) is 0. The third-order valence-electron chi connectivity index (χ3n) is 3.55. The van der Waals surface area contributed by atoms with Gasteiger partial charge in [-0.25, -0.2) is 17.6 Å². The molecule has 1 N–H and O–H groups in total. The molecule has 24 heavy (non-hydrogen) atoms. The van der Waals surface area contributed by atoms with Gasteiger partial charge in [0, 0.05) is 6.07 Å². The van der Waals surface area contributed by atoms with Gasteiger partial charge in [0.2, 0.25) is 5.91 Å². The summed E-state index contributed by atoms with van der Waals surface area (Å²) >= 11 is 6.00. The first-order valence-corrected chi connectivity index (χ1v) is 7.34. The molecule has 1 unspecified atom stereocenters. The molecule has 2 aromatic rings. The van der Waals surface area contributed by atoms with Gasteiger partial charge in [0.15, 0.2) is 23.3 Å². The van der Waals surface area contributed by atoms with Crippen molar-refractivity contribution in [1.29, 1.82) is 0 Å². The largest absolute Gasteiger partial charge is 0.321 e. The van der Waals surface area contributed by atoms with E-state index in [-0.39, 0.29) is 12.6 Å². The summed E-state index contributed by atoms with van der Waals surface area (Å²) in [5.41, 5.74) is 0.0461. The summed E-state index contributed by atoms with van der Waals surface area (Å²) in [6, 6.07) is 0.0711. The zero-order chi connectivity index (χ0) is 18.2. The van der Waals surface area contributed by atoms with Gasteiger partial charge in [-0.1, -0.05) is 18.5 Å². The van der Waals surface area contributed by atoms with Crippen molar-refractivity contribution in [1.82, 2.24) is 9.78 Å². The van der Waals surface area contributed by atoms with Crippen LogP contribution in [0.2, 0.25) is 5.02 Å². The zero-order valence-electron chi connectivity index (χ0n) is 13.1. The van der Waals surface area contributed by atoms with Crippen LogP contribution in [0, 0.1) is 43.0 Å². The molecule has 9 heteroatoms. The Hall–Kier alpha value is -2.09. The van der Waals surface area contributed by atoms with E-state index >= 15 is 0 Å². The molecule has 1 aromatic heterocycles. The van der Waals surface area contributed by atoms with Crippen LogP contribution in [0.15, 0.2) is 6.07 Å². The number of nitrogens with zero attached hydrogens (tertiary/aromatic N) is 2. The van der Waals surface area contributed by atoms with Gasteiger partial charge in [0.25, 0.3) is 0 Å². The number of hydrogen-bond donors (Lipinski definition) is 1. The Balaban J connectivity index is 2.19. The number of hydrogen-bond acceptors (Lipinski definition) is 2. The highest BCUT2D eigenvalue weighted by molar-refractivity contribution is 6.31. The molecular weight excluding hydrogens is 350 g/mol. The second-order valence-electron chi connectivity index (χ2n) is 5.40. The van der Waals surface area contributed by atoms with E-state index in [1.807, 2.05) is 5.32 Å². The Bertz CT molecular complexity index is 780. The lowest BCUT2D eigenvalue weighted by atomic mass is 10.1. The van der Waals surface area contributed by atoms with E-state index in [0.29, 0.717) is 16.4 Å². The van der Waals surface area contributed by atoms with E-state index in [0.717, 1.165) is 0 Å². The van der Waals surface area contributed by atoms with E-state index in [1.165, 1.54) is 11.6 Å². The molecule has 0 spiro atoms. The van der Waals surface area contributed by atoms with E-state index in [2.05, 4.69) is 5.10 Å². The van der Waals surface area contributed by atoms with Crippen molar-refractivity contribution >= 4 is 23.2 Å². The number of aryl methyl sites for hydroxylation is 1. The highest BCUT2D eigenvalue weighted by atomic mass is 35.5. The van der Waals surface area contributed by atoms with Crippen LogP contribution in [0.3, 0.4) is 0 Å². The van der Waals surface area contributed by atoms with Crippen LogP contribution in [0.4, 0.5) is 23.2 Å². The maximum atomic E-state index is 13.6. The Morgan fingerprint density at radius 2 is 1.79 bits per heavy atom. The summed E-state index contributed by atoms with van der Waals surface area (Å²) in [4.78, 5) is 12.1. The Kier molecular flexibility index (Phi) is 5.17. The second-order valence-corrected chi connectivity index (χ2v) is 5.78. The predicted octanol–water partition coefficient (Wildman–Crippen LogP) is 3.98. The van der Waals surface area contributed by atoms with Crippen molar-refractivity contribution in [3.8, 4) is 0 Å². The molecule has 1 atom stereocenters. The molecule has 4 nitrogen and oxygen atoms in total. The lowest BCUT2D eigenvalue weighted by Gasteiger charge is -2.14. The third kappa shape index (κ3) is 3.38. The van der Waals surface area contributed by atoms with Crippen molar-refractivity contribution in [2.45, 2.75) is 27.3 Å². The van der Waals surface area contributed by atoms with Crippen LogP contribution in [0.1, 0.15) is 18.3 Å².